The summed E-state index contributed by atoms with van der Waals surface area (Å²) in [6.45, 7) is 5.62. The number of rotatable bonds is 4. The van der Waals surface area contributed by atoms with Crippen LogP contribution in [0, 0.1) is 5.92 Å². The van der Waals surface area contributed by atoms with Crippen molar-refractivity contribution in [3.63, 3.8) is 0 Å². The van der Waals surface area contributed by atoms with Crippen LogP contribution in [0.15, 0.2) is 24.3 Å². The number of aliphatic hydroxyl groups is 1. The number of hydrogen-bond donors (Lipinski definition) is 2. The van der Waals surface area contributed by atoms with E-state index >= 15 is 0 Å². The molecule has 1 amide bonds. The topological polar surface area (TPSA) is 52.6 Å². The van der Waals surface area contributed by atoms with E-state index in [-0.39, 0.29) is 17.9 Å². The molecule has 0 radical (unpaired) electrons. The monoisotopic (exact) mass is 276 g/mol. The molecule has 1 fully saturated rings. The maximum atomic E-state index is 12.1. The van der Waals surface area contributed by atoms with Crippen molar-refractivity contribution in [3.8, 4) is 0 Å². The molecular formula is C16H24N2O2. The molecule has 2 rings (SSSR count). The number of anilines is 2. The molecule has 0 bridgehead atoms. The Kier molecular flexibility index (Phi) is 5.01. The number of hydrogen-bond acceptors (Lipinski definition) is 3. The molecule has 1 aromatic carbocycles. The maximum absolute atomic E-state index is 12.1. The first-order valence-electron chi connectivity index (χ1n) is 7.44. The van der Waals surface area contributed by atoms with Gasteiger partial charge >= 0.3 is 0 Å². The molecule has 1 aliphatic rings. The molecule has 20 heavy (non-hydrogen) atoms. The van der Waals surface area contributed by atoms with Gasteiger partial charge in [-0.05, 0) is 31.4 Å². The molecule has 0 spiro atoms. The zero-order valence-electron chi connectivity index (χ0n) is 12.3. The molecule has 0 saturated carbocycles. The molecule has 1 heterocycles. The molecule has 4 nitrogen and oxygen atoms in total. The SMILES string of the molecule is CCC(C)C(=O)Nc1ccccc1N1CCC(O)CC1. The van der Waals surface area contributed by atoms with Gasteiger partial charge < -0.3 is 15.3 Å². The zero-order valence-corrected chi connectivity index (χ0v) is 12.3. The Bertz CT molecular complexity index is 454. The number of amides is 1. The fraction of sp³-hybridized carbons (Fsp3) is 0.562. The van der Waals surface area contributed by atoms with Gasteiger partial charge in [0.1, 0.15) is 0 Å². The fourth-order valence-electron chi connectivity index (χ4n) is 2.40. The van der Waals surface area contributed by atoms with E-state index in [4.69, 9.17) is 0 Å². The average molecular weight is 276 g/mol. The van der Waals surface area contributed by atoms with Crippen LogP contribution in [0.2, 0.25) is 0 Å². The van der Waals surface area contributed by atoms with Crippen molar-refractivity contribution < 1.29 is 9.90 Å². The normalized spacial score (nSPS) is 17.9. The molecule has 1 atom stereocenters. The summed E-state index contributed by atoms with van der Waals surface area (Å²) < 4.78 is 0. The Morgan fingerprint density at radius 1 is 1.40 bits per heavy atom. The first kappa shape index (κ1) is 14.9. The van der Waals surface area contributed by atoms with Crippen molar-refractivity contribution in [2.24, 2.45) is 5.92 Å². The predicted octanol–water partition coefficient (Wildman–Crippen LogP) is 2.63. The standard InChI is InChI=1S/C16H24N2O2/c1-3-12(2)16(20)17-14-6-4-5-7-15(14)18-10-8-13(19)9-11-18/h4-7,12-13,19H,3,8-11H2,1-2H3,(H,17,20). The lowest BCUT2D eigenvalue weighted by molar-refractivity contribution is -0.119. The first-order valence-corrected chi connectivity index (χ1v) is 7.44. The number of aliphatic hydroxyl groups excluding tert-OH is 1. The second-order valence-corrected chi connectivity index (χ2v) is 5.53. The molecule has 0 aromatic heterocycles. The molecule has 4 heteroatoms. The Hall–Kier alpha value is -1.55. The summed E-state index contributed by atoms with van der Waals surface area (Å²) in [4.78, 5) is 14.3. The van der Waals surface area contributed by atoms with Gasteiger partial charge in [-0.15, -0.1) is 0 Å². The van der Waals surface area contributed by atoms with E-state index in [0.717, 1.165) is 43.7 Å². The van der Waals surface area contributed by atoms with E-state index in [1.54, 1.807) is 0 Å². The van der Waals surface area contributed by atoms with Gasteiger partial charge in [0.2, 0.25) is 5.91 Å². The second kappa shape index (κ2) is 6.75. The van der Waals surface area contributed by atoms with Crippen molar-refractivity contribution in [3.05, 3.63) is 24.3 Å². The Labute approximate surface area is 120 Å². The molecule has 1 unspecified atom stereocenters. The van der Waals surface area contributed by atoms with Crippen molar-refractivity contribution in [2.75, 3.05) is 23.3 Å². The minimum Gasteiger partial charge on any atom is -0.393 e. The van der Waals surface area contributed by atoms with Crippen LogP contribution in [0.3, 0.4) is 0 Å². The highest BCUT2D eigenvalue weighted by molar-refractivity contribution is 5.95. The van der Waals surface area contributed by atoms with Crippen LogP contribution in [-0.4, -0.2) is 30.2 Å². The van der Waals surface area contributed by atoms with E-state index in [9.17, 15) is 9.90 Å². The van der Waals surface area contributed by atoms with E-state index in [1.807, 2.05) is 38.1 Å². The van der Waals surface area contributed by atoms with Crippen molar-refractivity contribution in [1.82, 2.24) is 0 Å². The number of nitrogens with one attached hydrogen (secondary N) is 1. The molecule has 110 valence electrons. The second-order valence-electron chi connectivity index (χ2n) is 5.53. The van der Waals surface area contributed by atoms with Gasteiger partial charge in [0.15, 0.2) is 0 Å². The quantitative estimate of drug-likeness (QED) is 0.889. The van der Waals surface area contributed by atoms with E-state index in [1.165, 1.54) is 0 Å². The van der Waals surface area contributed by atoms with Crippen LogP contribution >= 0.6 is 0 Å². The number of nitrogens with zero attached hydrogens (tertiary/aromatic N) is 1. The Balaban J connectivity index is 2.12. The average Bonchev–Trinajstić information content (AvgIpc) is 2.48. The summed E-state index contributed by atoms with van der Waals surface area (Å²) in [6.07, 6.45) is 2.22. The zero-order chi connectivity index (χ0) is 14.5. The number of piperidine rings is 1. The van der Waals surface area contributed by atoms with Crippen molar-refractivity contribution in [1.29, 1.82) is 0 Å². The van der Waals surface area contributed by atoms with Crippen LogP contribution in [0.1, 0.15) is 33.1 Å². The highest BCUT2D eigenvalue weighted by atomic mass is 16.3. The third-order valence-corrected chi connectivity index (χ3v) is 4.03. The van der Waals surface area contributed by atoms with E-state index < -0.39 is 0 Å². The van der Waals surface area contributed by atoms with Crippen molar-refractivity contribution >= 4 is 17.3 Å². The third-order valence-electron chi connectivity index (χ3n) is 4.03. The van der Waals surface area contributed by atoms with Crippen LogP contribution in [0.4, 0.5) is 11.4 Å². The minimum atomic E-state index is -0.187. The van der Waals surface area contributed by atoms with E-state index in [0.29, 0.717) is 0 Å². The molecular weight excluding hydrogens is 252 g/mol. The number of carbonyl (C=O) groups excluding carboxylic acids is 1. The lowest BCUT2D eigenvalue weighted by atomic mass is 10.1. The predicted molar refractivity (Wildman–Crippen MR) is 82.0 cm³/mol. The number of para-hydroxylation sites is 2. The summed E-state index contributed by atoms with van der Waals surface area (Å²) in [5.41, 5.74) is 1.92. The first-order chi connectivity index (χ1) is 9.61. The summed E-state index contributed by atoms with van der Waals surface area (Å²) in [5.74, 6) is 0.0863. The fourth-order valence-corrected chi connectivity index (χ4v) is 2.40. The molecule has 1 saturated heterocycles. The van der Waals surface area contributed by atoms with Gasteiger partial charge in [0.25, 0.3) is 0 Å². The Morgan fingerprint density at radius 2 is 2.05 bits per heavy atom. The highest BCUT2D eigenvalue weighted by Gasteiger charge is 2.20. The summed E-state index contributed by atoms with van der Waals surface area (Å²) >= 11 is 0. The molecule has 1 aliphatic heterocycles. The summed E-state index contributed by atoms with van der Waals surface area (Å²) in [6, 6.07) is 7.90. The van der Waals surface area contributed by atoms with Gasteiger partial charge in [0.05, 0.1) is 17.5 Å². The van der Waals surface area contributed by atoms with Crippen molar-refractivity contribution in [2.45, 2.75) is 39.2 Å². The maximum Gasteiger partial charge on any atom is 0.227 e. The summed E-state index contributed by atoms with van der Waals surface area (Å²) in [7, 11) is 0. The minimum absolute atomic E-state index is 0.0197. The van der Waals surface area contributed by atoms with Crippen LogP contribution in [0.5, 0.6) is 0 Å². The lowest BCUT2D eigenvalue weighted by Gasteiger charge is -2.33. The molecule has 2 N–H and O–H groups in total. The highest BCUT2D eigenvalue weighted by Crippen LogP contribution is 2.28. The third kappa shape index (κ3) is 3.51. The van der Waals surface area contributed by atoms with Gasteiger partial charge in [-0.2, -0.15) is 0 Å². The van der Waals surface area contributed by atoms with Gasteiger partial charge in [-0.3, -0.25) is 4.79 Å². The van der Waals surface area contributed by atoms with E-state index in [2.05, 4.69) is 10.2 Å². The smallest absolute Gasteiger partial charge is 0.227 e. The van der Waals surface area contributed by atoms with Gasteiger partial charge in [-0.1, -0.05) is 26.0 Å². The van der Waals surface area contributed by atoms with Crippen LogP contribution < -0.4 is 10.2 Å². The summed E-state index contributed by atoms with van der Waals surface area (Å²) in [5, 5.41) is 12.6. The van der Waals surface area contributed by atoms with Crippen LogP contribution in [-0.2, 0) is 4.79 Å². The number of benzene rings is 1. The van der Waals surface area contributed by atoms with Gasteiger partial charge in [-0.25, -0.2) is 0 Å². The number of carbonyl (C=O) groups is 1. The largest absolute Gasteiger partial charge is 0.393 e. The van der Waals surface area contributed by atoms with Gasteiger partial charge in [0, 0.05) is 19.0 Å². The van der Waals surface area contributed by atoms with Crippen LogP contribution in [0.25, 0.3) is 0 Å². The molecule has 0 aliphatic carbocycles. The lowest BCUT2D eigenvalue weighted by Crippen LogP contribution is -2.36. The Morgan fingerprint density at radius 3 is 2.70 bits per heavy atom. The molecule has 1 aromatic rings.